The lowest BCUT2D eigenvalue weighted by molar-refractivity contribution is 0.620. The van der Waals surface area contributed by atoms with Crippen molar-refractivity contribution in [1.82, 2.24) is 4.98 Å². The van der Waals surface area contributed by atoms with Crippen LogP contribution in [-0.2, 0) is 0 Å². The Morgan fingerprint density at radius 2 is 1.07 bits per heavy atom. The van der Waals surface area contributed by atoms with E-state index < -0.39 is 0 Å². The number of benzene rings is 5. The van der Waals surface area contributed by atoms with E-state index in [4.69, 9.17) is 4.42 Å². The normalized spacial score (nSPS) is 11.7. The Morgan fingerprint density at radius 3 is 1.74 bits per heavy atom. The molecule has 27 heavy (non-hydrogen) atoms. The van der Waals surface area contributed by atoms with Gasteiger partial charge in [0.2, 0.25) is 5.89 Å². The summed E-state index contributed by atoms with van der Waals surface area (Å²) in [6, 6.07) is 31.6. The van der Waals surface area contributed by atoms with Gasteiger partial charge in [-0.1, -0.05) is 66.7 Å². The monoisotopic (exact) mass is 345 g/mol. The van der Waals surface area contributed by atoms with Crippen LogP contribution in [0.4, 0.5) is 0 Å². The first kappa shape index (κ1) is 14.5. The Bertz CT molecular complexity index is 1410. The minimum atomic E-state index is 0.662. The van der Waals surface area contributed by atoms with Gasteiger partial charge in [-0.05, 0) is 56.6 Å². The molecule has 0 amide bonds. The minimum Gasteiger partial charge on any atom is -0.436 e. The number of hydrogen-bond donors (Lipinski definition) is 0. The summed E-state index contributed by atoms with van der Waals surface area (Å²) in [5, 5.41) is 7.57. The third kappa shape index (κ3) is 2.10. The van der Waals surface area contributed by atoms with Crippen LogP contribution in [0.1, 0.15) is 0 Å². The molecular formula is C25H15NO. The van der Waals surface area contributed by atoms with Crippen molar-refractivity contribution in [2.75, 3.05) is 0 Å². The van der Waals surface area contributed by atoms with E-state index in [9.17, 15) is 0 Å². The zero-order chi connectivity index (χ0) is 17.8. The summed E-state index contributed by atoms with van der Waals surface area (Å²) < 4.78 is 5.99. The maximum Gasteiger partial charge on any atom is 0.227 e. The number of hydrogen-bond acceptors (Lipinski definition) is 2. The Morgan fingerprint density at radius 1 is 0.519 bits per heavy atom. The molecule has 0 N–H and O–H groups in total. The second-order valence-corrected chi connectivity index (χ2v) is 6.84. The average molecular weight is 345 g/mol. The van der Waals surface area contributed by atoms with Crippen LogP contribution in [0.5, 0.6) is 0 Å². The quantitative estimate of drug-likeness (QED) is 0.301. The lowest BCUT2D eigenvalue weighted by atomic mass is 9.93. The summed E-state index contributed by atoms with van der Waals surface area (Å²) in [4.78, 5) is 4.67. The fourth-order valence-electron chi connectivity index (χ4n) is 4.04. The summed E-state index contributed by atoms with van der Waals surface area (Å²) in [6.07, 6.45) is 0. The van der Waals surface area contributed by atoms with E-state index in [0.717, 1.165) is 16.7 Å². The van der Waals surface area contributed by atoms with E-state index in [0.29, 0.717) is 5.89 Å². The van der Waals surface area contributed by atoms with Gasteiger partial charge in [0, 0.05) is 5.56 Å². The molecule has 0 atom stereocenters. The van der Waals surface area contributed by atoms with Gasteiger partial charge in [0.15, 0.2) is 5.58 Å². The van der Waals surface area contributed by atoms with Crippen molar-refractivity contribution < 1.29 is 4.42 Å². The predicted octanol–water partition coefficient (Wildman–Crippen LogP) is 6.95. The van der Waals surface area contributed by atoms with Gasteiger partial charge in [-0.2, -0.15) is 0 Å². The third-order valence-corrected chi connectivity index (χ3v) is 5.29. The van der Waals surface area contributed by atoms with Crippen LogP contribution >= 0.6 is 0 Å². The van der Waals surface area contributed by atoms with E-state index in [-0.39, 0.29) is 0 Å². The van der Waals surface area contributed by atoms with Crippen molar-refractivity contribution in [2.45, 2.75) is 0 Å². The number of nitrogens with zero attached hydrogens (tertiary/aromatic N) is 1. The maximum absolute atomic E-state index is 5.99. The van der Waals surface area contributed by atoms with Crippen LogP contribution in [0.2, 0.25) is 0 Å². The Hall–Kier alpha value is -3.65. The molecule has 0 aliphatic heterocycles. The molecule has 0 bridgehead atoms. The van der Waals surface area contributed by atoms with Crippen LogP contribution in [0, 0.1) is 0 Å². The van der Waals surface area contributed by atoms with Crippen LogP contribution in [0.3, 0.4) is 0 Å². The molecular weight excluding hydrogens is 330 g/mol. The Labute approximate surface area is 155 Å². The highest BCUT2D eigenvalue weighted by Crippen LogP contribution is 2.37. The largest absolute Gasteiger partial charge is 0.436 e. The van der Waals surface area contributed by atoms with Gasteiger partial charge in [-0.25, -0.2) is 4.98 Å². The predicted molar refractivity (Wildman–Crippen MR) is 112 cm³/mol. The van der Waals surface area contributed by atoms with E-state index in [1.807, 2.05) is 24.3 Å². The number of oxazole rings is 1. The van der Waals surface area contributed by atoms with E-state index in [1.165, 1.54) is 32.3 Å². The first-order chi connectivity index (χ1) is 13.4. The summed E-state index contributed by atoms with van der Waals surface area (Å²) in [5.74, 6) is 0.662. The van der Waals surface area contributed by atoms with E-state index >= 15 is 0 Å². The molecule has 2 heteroatoms. The second kappa shape index (κ2) is 5.42. The van der Waals surface area contributed by atoms with Gasteiger partial charge in [-0.15, -0.1) is 0 Å². The summed E-state index contributed by atoms with van der Waals surface area (Å²) in [6.45, 7) is 0. The third-order valence-electron chi connectivity index (χ3n) is 5.29. The molecule has 0 aliphatic carbocycles. The lowest BCUT2D eigenvalue weighted by Crippen LogP contribution is -1.84. The average Bonchev–Trinajstić information content (AvgIpc) is 3.18. The molecule has 6 rings (SSSR count). The molecule has 0 saturated heterocycles. The topological polar surface area (TPSA) is 26.0 Å². The second-order valence-electron chi connectivity index (χ2n) is 6.84. The van der Waals surface area contributed by atoms with Crippen LogP contribution in [0.15, 0.2) is 95.4 Å². The molecule has 6 aromatic rings. The maximum atomic E-state index is 5.99. The van der Waals surface area contributed by atoms with Crippen molar-refractivity contribution in [3.8, 4) is 11.5 Å². The molecule has 1 aromatic heterocycles. The first-order valence-electron chi connectivity index (χ1n) is 9.08. The van der Waals surface area contributed by atoms with Gasteiger partial charge < -0.3 is 4.42 Å². The lowest BCUT2D eigenvalue weighted by Gasteiger charge is -2.10. The summed E-state index contributed by atoms with van der Waals surface area (Å²) in [5.41, 5.74) is 2.70. The highest BCUT2D eigenvalue weighted by atomic mass is 16.3. The fourth-order valence-corrected chi connectivity index (χ4v) is 4.04. The molecule has 1 heterocycles. The van der Waals surface area contributed by atoms with Gasteiger partial charge in [0.05, 0.1) is 0 Å². The summed E-state index contributed by atoms with van der Waals surface area (Å²) in [7, 11) is 0. The molecule has 0 radical (unpaired) electrons. The standard InChI is InChI=1S/C25H15NO/c1-2-9-19-17(7-1)18-8-3-4-10-20(18)22-15-16(13-14-21(19)22)25-26-23-11-5-6-12-24(23)27-25/h1-15H. The SMILES string of the molecule is c1ccc2oc(-c3ccc4c5ccccc5c5ccccc5c4c3)nc2c1. The van der Waals surface area contributed by atoms with Crippen LogP contribution < -0.4 is 0 Å². The van der Waals surface area contributed by atoms with Crippen molar-refractivity contribution >= 4 is 43.4 Å². The van der Waals surface area contributed by atoms with Gasteiger partial charge in [0.25, 0.3) is 0 Å². The number of aromatic nitrogens is 1. The van der Waals surface area contributed by atoms with E-state index in [1.54, 1.807) is 0 Å². The van der Waals surface area contributed by atoms with Crippen LogP contribution in [0.25, 0.3) is 54.9 Å². The molecule has 0 spiro atoms. The zero-order valence-corrected chi connectivity index (χ0v) is 14.5. The van der Waals surface area contributed by atoms with Gasteiger partial charge in [-0.3, -0.25) is 0 Å². The van der Waals surface area contributed by atoms with Crippen molar-refractivity contribution in [2.24, 2.45) is 0 Å². The molecule has 0 fully saturated rings. The molecule has 0 aliphatic rings. The first-order valence-corrected chi connectivity index (χ1v) is 9.08. The van der Waals surface area contributed by atoms with Gasteiger partial charge >= 0.3 is 0 Å². The van der Waals surface area contributed by atoms with Crippen molar-refractivity contribution in [3.05, 3.63) is 91.0 Å². The number of rotatable bonds is 1. The van der Waals surface area contributed by atoms with Gasteiger partial charge in [0.1, 0.15) is 5.52 Å². The van der Waals surface area contributed by atoms with Crippen molar-refractivity contribution in [3.63, 3.8) is 0 Å². The molecule has 0 saturated carbocycles. The molecule has 126 valence electrons. The molecule has 0 unspecified atom stereocenters. The van der Waals surface area contributed by atoms with Crippen molar-refractivity contribution in [1.29, 1.82) is 0 Å². The number of para-hydroxylation sites is 2. The minimum absolute atomic E-state index is 0.662. The smallest absolute Gasteiger partial charge is 0.227 e. The fraction of sp³-hybridized carbons (Fsp3) is 0. The molecule has 2 nitrogen and oxygen atoms in total. The molecule has 5 aromatic carbocycles. The van der Waals surface area contributed by atoms with E-state index in [2.05, 4.69) is 71.7 Å². The Balaban J connectivity index is 1.72. The highest BCUT2D eigenvalue weighted by molar-refractivity contribution is 6.25. The Kier molecular flexibility index (Phi) is 2.91. The number of fused-ring (bicyclic) bond motifs is 7. The van der Waals surface area contributed by atoms with Crippen LogP contribution in [-0.4, -0.2) is 4.98 Å². The highest BCUT2D eigenvalue weighted by Gasteiger charge is 2.12. The zero-order valence-electron chi connectivity index (χ0n) is 14.5. The summed E-state index contributed by atoms with van der Waals surface area (Å²) >= 11 is 0.